The van der Waals surface area contributed by atoms with Gasteiger partial charge in [-0.05, 0) is 48.3 Å². The van der Waals surface area contributed by atoms with Crippen LogP contribution in [0, 0.1) is 35.5 Å². The number of imide groups is 1. The molecule has 1 aliphatic heterocycles. The molecule has 2 saturated carbocycles. The maximum Gasteiger partial charge on any atom is 0.416 e. The van der Waals surface area contributed by atoms with Gasteiger partial charge in [0, 0.05) is 5.69 Å². The predicted molar refractivity (Wildman–Crippen MR) is 86.5 cm³/mol. The van der Waals surface area contributed by atoms with Gasteiger partial charge in [0.15, 0.2) is 0 Å². The zero-order chi connectivity index (χ0) is 18.2. The molecule has 0 aromatic heterocycles. The Labute approximate surface area is 148 Å². The standard InChI is InChI=1S/C19H17F3N2O2/c20-19(21,22)9-2-1-3-10(6-9)23-8-24-17(25)15-11-4-5-12(14-7-13(11)14)16(15)18(24)26/h1-6,11-16,23H,7-8H2/t11-,12-,13-,14+,15-,16+/m1/s1. The van der Waals surface area contributed by atoms with E-state index >= 15 is 0 Å². The zero-order valence-electron chi connectivity index (χ0n) is 13.7. The maximum absolute atomic E-state index is 12.8. The number of anilines is 1. The number of carbonyl (C=O) groups excluding carboxylic acids is 2. The minimum atomic E-state index is -4.43. The van der Waals surface area contributed by atoms with Crippen LogP contribution < -0.4 is 5.32 Å². The number of amides is 2. The lowest BCUT2D eigenvalue weighted by Crippen LogP contribution is -2.40. The van der Waals surface area contributed by atoms with E-state index in [0.717, 1.165) is 18.6 Å². The molecule has 1 saturated heterocycles. The third-order valence-corrected chi connectivity index (χ3v) is 6.39. The summed E-state index contributed by atoms with van der Waals surface area (Å²) in [5, 5.41) is 2.81. The van der Waals surface area contributed by atoms with Gasteiger partial charge in [0.2, 0.25) is 11.8 Å². The van der Waals surface area contributed by atoms with E-state index < -0.39 is 11.7 Å². The van der Waals surface area contributed by atoms with Crippen molar-refractivity contribution in [2.45, 2.75) is 12.6 Å². The molecule has 4 aliphatic carbocycles. The van der Waals surface area contributed by atoms with E-state index in [-0.39, 0.29) is 47.8 Å². The molecule has 2 amide bonds. The summed E-state index contributed by atoms with van der Waals surface area (Å²) in [6, 6.07) is 4.77. The maximum atomic E-state index is 12.8. The first kappa shape index (κ1) is 15.9. The van der Waals surface area contributed by atoms with Crippen molar-refractivity contribution in [1.82, 2.24) is 4.90 Å². The molecule has 136 valence electrons. The minimum absolute atomic E-state index is 0.0965. The number of alkyl halides is 3. The van der Waals surface area contributed by atoms with Crippen molar-refractivity contribution in [1.29, 1.82) is 0 Å². The van der Waals surface area contributed by atoms with E-state index in [1.807, 2.05) is 0 Å². The Morgan fingerprint density at radius 2 is 1.65 bits per heavy atom. The Hall–Kier alpha value is -2.31. The molecule has 3 fully saturated rings. The molecule has 4 nitrogen and oxygen atoms in total. The molecule has 26 heavy (non-hydrogen) atoms. The number of benzene rings is 1. The van der Waals surface area contributed by atoms with E-state index in [1.165, 1.54) is 17.0 Å². The predicted octanol–water partition coefficient (Wildman–Crippen LogP) is 3.13. The summed E-state index contributed by atoms with van der Waals surface area (Å²) in [5.74, 6) is 0.385. The summed E-state index contributed by atoms with van der Waals surface area (Å²) in [6.45, 7) is -0.0965. The number of carbonyl (C=O) groups is 2. The van der Waals surface area contributed by atoms with Gasteiger partial charge in [-0.2, -0.15) is 13.2 Å². The number of allylic oxidation sites excluding steroid dienone is 2. The van der Waals surface area contributed by atoms with Crippen molar-refractivity contribution >= 4 is 17.5 Å². The summed E-state index contributed by atoms with van der Waals surface area (Å²) >= 11 is 0. The van der Waals surface area contributed by atoms with Crippen molar-refractivity contribution in [3.8, 4) is 0 Å². The van der Waals surface area contributed by atoms with Crippen molar-refractivity contribution in [3.05, 3.63) is 42.0 Å². The van der Waals surface area contributed by atoms with Gasteiger partial charge in [0.25, 0.3) is 0 Å². The van der Waals surface area contributed by atoms with Crippen molar-refractivity contribution in [3.63, 3.8) is 0 Å². The summed E-state index contributed by atoms with van der Waals surface area (Å²) in [5.41, 5.74) is -0.531. The quantitative estimate of drug-likeness (QED) is 0.664. The fraction of sp³-hybridized carbons (Fsp3) is 0.474. The molecule has 7 heteroatoms. The molecule has 0 spiro atoms. The second kappa shape index (κ2) is 5.11. The van der Waals surface area contributed by atoms with Crippen LogP contribution in [0.25, 0.3) is 0 Å². The highest BCUT2D eigenvalue weighted by Gasteiger charge is 2.66. The van der Waals surface area contributed by atoms with Crippen LogP contribution in [0.5, 0.6) is 0 Å². The molecule has 1 N–H and O–H groups in total. The molecule has 5 aliphatic rings. The first-order valence-electron chi connectivity index (χ1n) is 8.81. The van der Waals surface area contributed by atoms with Crippen molar-refractivity contribution in [2.24, 2.45) is 35.5 Å². The SMILES string of the molecule is O=C1[C@@H]2[C@@H]3C=C[C@H]([C@@H]4C[C@H]34)[C@@H]2C(=O)N1CNc1cccc(C(F)(F)F)c1. The topological polar surface area (TPSA) is 49.4 Å². The van der Waals surface area contributed by atoms with Crippen LogP contribution in [0.15, 0.2) is 36.4 Å². The van der Waals surface area contributed by atoms with Crippen LogP contribution in [0.2, 0.25) is 0 Å². The molecular formula is C19H17F3N2O2. The number of hydrogen-bond donors (Lipinski definition) is 1. The highest BCUT2D eigenvalue weighted by molar-refractivity contribution is 6.06. The van der Waals surface area contributed by atoms with Gasteiger partial charge in [0.1, 0.15) is 0 Å². The Kier molecular flexibility index (Phi) is 3.13. The third kappa shape index (κ3) is 2.15. The number of hydrogen-bond acceptors (Lipinski definition) is 3. The molecule has 1 aromatic carbocycles. The molecule has 1 heterocycles. The van der Waals surface area contributed by atoms with Crippen LogP contribution in [0.4, 0.5) is 18.9 Å². The first-order chi connectivity index (χ1) is 12.4. The minimum Gasteiger partial charge on any atom is -0.367 e. The van der Waals surface area contributed by atoms with Gasteiger partial charge in [-0.3, -0.25) is 14.5 Å². The molecule has 1 aromatic rings. The lowest BCUT2D eigenvalue weighted by molar-refractivity contribution is -0.140. The van der Waals surface area contributed by atoms with Crippen LogP contribution >= 0.6 is 0 Å². The fourth-order valence-electron chi connectivity index (χ4n) is 5.15. The molecule has 0 unspecified atom stereocenters. The summed E-state index contributed by atoms with van der Waals surface area (Å²) < 4.78 is 38.4. The molecule has 2 bridgehead atoms. The van der Waals surface area contributed by atoms with Gasteiger partial charge in [-0.1, -0.05) is 18.2 Å². The normalized spacial score (nSPS) is 37.0. The van der Waals surface area contributed by atoms with E-state index in [1.54, 1.807) is 0 Å². The first-order valence-corrected chi connectivity index (χ1v) is 8.81. The smallest absolute Gasteiger partial charge is 0.367 e. The van der Waals surface area contributed by atoms with E-state index in [0.29, 0.717) is 11.8 Å². The Balaban J connectivity index is 1.33. The lowest BCUT2D eigenvalue weighted by atomic mass is 9.63. The van der Waals surface area contributed by atoms with Gasteiger partial charge in [-0.15, -0.1) is 0 Å². The summed E-state index contributed by atoms with van der Waals surface area (Å²) in [6.07, 6.45) is 0.847. The molecule has 0 radical (unpaired) electrons. The number of rotatable bonds is 3. The summed E-state index contributed by atoms with van der Waals surface area (Å²) in [4.78, 5) is 26.8. The Morgan fingerprint density at radius 1 is 1.04 bits per heavy atom. The molecule has 6 rings (SSSR count). The van der Waals surface area contributed by atoms with Crippen LogP contribution in [0.3, 0.4) is 0 Å². The van der Waals surface area contributed by atoms with Crippen molar-refractivity contribution < 1.29 is 22.8 Å². The number of nitrogens with one attached hydrogen (secondary N) is 1. The molecule has 6 atom stereocenters. The number of halogens is 3. The van der Waals surface area contributed by atoms with E-state index in [2.05, 4.69) is 17.5 Å². The molecular weight excluding hydrogens is 345 g/mol. The van der Waals surface area contributed by atoms with Gasteiger partial charge in [0.05, 0.1) is 24.1 Å². The van der Waals surface area contributed by atoms with Crippen LogP contribution in [0.1, 0.15) is 12.0 Å². The third-order valence-electron chi connectivity index (χ3n) is 6.39. The second-order valence-electron chi connectivity index (χ2n) is 7.67. The van der Waals surface area contributed by atoms with E-state index in [4.69, 9.17) is 0 Å². The van der Waals surface area contributed by atoms with E-state index in [9.17, 15) is 22.8 Å². The average molecular weight is 362 g/mol. The fourth-order valence-corrected chi connectivity index (χ4v) is 5.15. The number of likely N-dealkylation sites (tertiary alicyclic amines) is 1. The van der Waals surface area contributed by atoms with Gasteiger partial charge >= 0.3 is 6.18 Å². The Bertz CT molecular complexity index is 798. The average Bonchev–Trinajstić information content (AvgIpc) is 3.38. The largest absolute Gasteiger partial charge is 0.416 e. The monoisotopic (exact) mass is 362 g/mol. The summed E-state index contributed by atoms with van der Waals surface area (Å²) in [7, 11) is 0. The van der Waals surface area contributed by atoms with Crippen LogP contribution in [-0.2, 0) is 15.8 Å². The number of nitrogens with zero attached hydrogens (tertiary/aromatic N) is 1. The lowest BCUT2D eigenvalue weighted by Gasteiger charge is -2.37. The van der Waals surface area contributed by atoms with Crippen LogP contribution in [-0.4, -0.2) is 23.4 Å². The highest BCUT2D eigenvalue weighted by atomic mass is 19.4. The Morgan fingerprint density at radius 3 is 2.23 bits per heavy atom. The zero-order valence-corrected chi connectivity index (χ0v) is 13.7. The van der Waals surface area contributed by atoms with Gasteiger partial charge in [-0.25, -0.2) is 0 Å². The van der Waals surface area contributed by atoms with Gasteiger partial charge < -0.3 is 5.32 Å². The second-order valence-corrected chi connectivity index (χ2v) is 7.67. The highest BCUT2D eigenvalue weighted by Crippen LogP contribution is 2.65. The van der Waals surface area contributed by atoms with Crippen molar-refractivity contribution in [2.75, 3.05) is 12.0 Å².